The molecule has 0 spiro atoms. The highest BCUT2D eigenvalue weighted by Crippen LogP contribution is 2.52. The summed E-state index contributed by atoms with van der Waals surface area (Å²) in [6.07, 6.45) is -0.276. The molecule has 0 aromatic heterocycles. The number of carbonyl (C=O) groups is 3. The predicted molar refractivity (Wildman–Crippen MR) is 139 cm³/mol. The standard InChI is InChI=1S/C23H29N5O9S2/c1-11-18-17(12(2)29)21(30)27(18)19(23(32)37-22(31)13-4-6-14(7-5-13)28(33)34)20(11)38-16-8-15(26(3)10-16)9-24-25-39(35)36/h4-7,11-12,15-18,24,29,39H,8-10H2,1-3H3,(H,25,35,36)/t11-,12-,15+,16?,17-,18-/m1/s1. The molecule has 0 bridgehead atoms. The van der Waals surface area contributed by atoms with Gasteiger partial charge in [-0.3, -0.25) is 14.9 Å². The summed E-state index contributed by atoms with van der Waals surface area (Å²) in [5.74, 6) is -3.47. The van der Waals surface area contributed by atoms with Crippen LogP contribution in [0.1, 0.15) is 30.6 Å². The number of thioether (sulfide) groups is 1. The molecular formula is C23H29N5O9S2. The van der Waals surface area contributed by atoms with Gasteiger partial charge in [0.1, 0.15) is 5.70 Å². The Balaban J connectivity index is 1.54. The van der Waals surface area contributed by atoms with E-state index in [-0.39, 0.29) is 34.2 Å². The number of nitro benzene ring substituents is 1. The van der Waals surface area contributed by atoms with Crippen molar-refractivity contribution in [3.05, 3.63) is 50.5 Å². The molecule has 1 aromatic rings. The number of thiol groups is 1. The van der Waals surface area contributed by atoms with Crippen LogP contribution < -0.4 is 10.3 Å². The number of non-ortho nitro benzene ring substituents is 1. The lowest BCUT2D eigenvalue weighted by Gasteiger charge is -2.46. The molecule has 3 aliphatic rings. The first kappa shape index (κ1) is 29.1. The molecule has 2 fully saturated rings. The molecule has 212 valence electrons. The number of esters is 2. The molecule has 3 aliphatic heterocycles. The van der Waals surface area contributed by atoms with E-state index in [2.05, 4.69) is 15.2 Å². The molecule has 0 radical (unpaired) electrons. The number of hydrogen-bond donors (Lipinski definition) is 4. The molecule has 1 aromatic carbocycles. The van der Waals surface area contributed by atoms with Crippen LogP contribution in [0.3, 0.4) is 0 Å². The van der Waals surface area contributed by atoms with Crippen molar-refractivity contribution in [3.63, 3.8) is 0 Å². The third kappa shape index (κ3) is 5.85. The van der Waals surface area contributed by atoms with Gasteiger partial charge in [0.15, 0.2) is 0 Å². The lowest BCUT2D eigenvalue weighted by Crippen LogP contribution is -2.63. The SMILES string of the molecule is C[C@@H](O)[C@H]1C(=O)N2C(C(=O)OC(=O)c3ccc([N+](=O)[O-])cc3)=C(SC3C[C@@H](CNN[SH](=O)=O)N(C)C3)[C@H](C)[C@H]12. The summed E-state index contributed by atoms with van der Waals surface area (Å²) >= 11 is 1.41. The summed E-state index contributed by atoms with van der Waals surface area (Å²) in [5, 5.41) is 21.1. The Bertz CT molecular complexity index is 1280. The molecule has 14 nitrogen and oxygen atoms in total. The van der Waals surface area contributed by atoms with Gasteiger partial charge in [0, 0.05) is 47.3 Å². The molecule has 6 atom stereocenters. The van der Waals surface area contributed by atoms with E-state index in [4.69, 9.17) is 4.74 Å². The molecule has 4 rings (SSSR count). The number of amides is 1. The number of hydrazine groups is 1. The Morgan fingerprint density at radius 3 is 2.54 bits per heavy atom. The van der Waals surface area contributed by atoms with Crippen molar-refractivity contribution in [2.24, 2.45) is 11.8 Å². The van der Waals surface area contributed by atoms with Gasteiger partial charge in [0.25, 0.3) is 5.69 Å². The number of rotatable bonds is 10. The highest BCUT2D eigenvalue weighted by atomic mass is 32.2. The minimum Gasteiger partial charge on any atom is -0.393 e. The second-order valence-corrected chi connectivity index (χ2v) is 11.8. The van der Waals surface area contributed by atoms with Gasteiger partial charge in [0.05, 0.1) is 28.6 Å². The highest BCUT2D eigenvalue weighted by Gasteiger charge is 2.60. The number of benzene rings is 1. The van der Waals surface area contributed by atoms with Gasteiger partial charge in [-0.2, -0.15) is 4.83 Å². The number of hydrogen-bond acceptors (Lipinski definition) is 12. The van der Waals surface area contributed by atoms with E-state index in [9.17, 15) is 38.0 Å². The van der Waals surface area contributed by atoms with Crippen molar-refractivity contribution < 1.29 is 37.6 Å². The smallest absolute Gasteiger partial charge is 0.363 e. The number of likely N-dealkylation sites (tertiary alicyclic amines) is 1. The summed E-state index contributed by atoms with van der Waals surface area (Å²) in [6, 6.07) is 4.13. The van der Waals surface area contributed by atoms with E-state index in [1.807, 2.05) is 14.0 Å². The van der Waals surface area contributed by atoms with E-state index in [0.717, 1.165) is 12.1 Å². The maximum absolute atomic E-state index is 13.3. The molecule has 0 aliphatic carbocycles. The van der Waals surface area contributed by atoms with Crippen molar-refractivity contribution in [2.75, 3.05) is 20.1 Å². The predicted octanol–water partition coefficient (Wildman–Crippen LogP) is -0.226. The topological polar surface area (TPSA) is 188 Å². The third-order valence-corrected chi connectivity index (χ3v) is 9.09. The van der Waals surface area contributed by atoms with Gasteiger partial charge in [-0.05, 0) is 32.5 Å². The Morgan fingerprint density at radius 2 is 1.95 bits per heavy atom. The first-order chi connectivity index (χ1) is 18.4. The average Bonchev–Trinajstić information content (AvgIpc) is 3.33. The minimum absolute atomic E-state index is 0.00486. The fourth-order valence-corrected chi connectivity index (χ4v) is 7.20. The largest absolute Gasteiger partial charge is 0.393 e. The van der Waals surface area contributed by atoms with E-state index in [1.54, 1.807) is 0 Å². The number of fused-ring (bicyclic) bond motifs is 1. The fourth-order valence-electron chi connectivity index (χ4n) is 5.34. The van der Waals surface area contributed by atoms with Gasteiger partial charge in [0.2, 0.25) is 16.8 Å². The third-order valence-electron chi connectivity index (χ3n) is 7.25. The summed E-state index contributed by atoms with van der Waals surface area (Å²) in [4.78, 5) is 55.3. The number of nitrogens with one attached hydrogen (secondary N) is 2. The Kier molecular flexibility index (Phi) is 8.72. The maximum Gasteiger partial charge on any atom is 0.363 e. The zero-order valence-corrected chi connectivity index (χ0v) is 23.0. The van der Waals surface area contributed by atoms with Crippen molar-refractivity contribution in [3.8, 4) is 0 Å². The Labute approximate surface area is 229 Å². The normalized spacial score (nSPS) is 27.5. The summed E-state index contributed by atoms with van der Waals surface area (Å²) < 4.78 is 26.6. The average molecular weight is 584 g/mol. The number of nitrogens with zero attached hydrogens (tertiary/aromatic N) is 3. The molecule has 2 saturated heterocycles. The monoisotopic (exact) mass is 583 g/mol. The van der Waals surface area contributed by atoms with Crippen molar-refractivity contribution in [1.29, 1.82) is 0 Å². The fraction of sp³-hybridized carbons (Fsp3) is 0.522. The van der Waals surface area contributed by atoms with E-state index in [0.29, 0.717) is 24.4 Å². The second kappa shape index (κ2) is 11.7. The van der Waals surface area contributed by atoms with E-state index >= 15 is 0 Å². The number of carbonyl (C=O) groups excluding carboxylic acids is 3. The lowest BCUT2D eigenvalue weighted by atomic mass is 9.79. The zero-order chi connectivity index (χ0) is 28.6. The summed E-state index contributed by atoms with van der Waals surface area (Å²) in [7, 11) is -0.884. The number of β-lactam (4-membered cyclic amide) rings is 1. The van der Waals surface area contributed by atoms with Gasteiger partial charge in [-0.15, -0.1) is 11.8 Å². The van der Waals surface area contributed by atoms with Crippen LogP contribution in [0.4, 0.5) is 5.69 Å². The van der Waals surface area contributed by atoms with Crippen LogP contribution in [0, 0.1) is 22.0 Å². The Hall–Kier alpha value is -2.89. The molecule has 3 N–H and O–H groups in total. The van der Waals surface area contributed by atoms with Gasteiger partial charge in [-0.25, -0.2) is 23.4 Å². The first-order valence-corrected chi connectivity index (χ1v) is 14.2. The van der Waals surface area contributed by atoms with Crippen LogP contribution in [-0.2, 0) is 25.2 Å². The first-order valence-electron chi connectivity index (χ1n) is 12.2. The van der Waals surface area contributed by atoms with Crippen molar-refractivity contribution in [1.82, 2.24) is 20.1 Å². The van der Waals surface area contributed by atoms with Crippen molar-refractivity contribution in [2.45, 2.75) is 43.7 Å². The number of aliphatic hydroxyl groups is 1. The molecule has 0 saturated carbocycles. The maximum atomic E-state index is 13.3. The van der Waals surface area contributed by atoms with Crippen LogP contribution in [0.5, 0.6) is 0 Å². The number of nitro groups is 1. The van der Waals surface area contributed by atoms with E-state index in [1.165, 1.54) is 35.7 Å². The molecule has 3 heterocycles. The Morgan fingerprint density at radius 1 is 1.28 bits per heavy atom. The molecule has 39 heavy (non-hydrogen) atoms. The van der Waals surface area contributed by atoms with Gasteiger partial charge in [-0.1, -0.05) is 6.92 Å². The van der Waals surface area contributed by atoms with Gasteiger partial charge < -0.3 is 19.6 Å². The number of likely N-dealkylation sites (N-methyl/N-ethyl adjacent to an activating group) is 1. The molecular weight excluding hydrogens is 554 g/mol. The van der Waals surface area contributed by atoms with Crippen LogP contribution in [0.25, 0.3) is 0 Å². The van der Waals surface area contributed by atoms with Crippen LogP contribution in [0.2, 0.25) is 0 Å². The second-order valence-electron chi connectivity index (χ2n) is 9.77. The highest BCUT2D eigenvalue weighted by molar-refractivity contribution is 8.03. The quantitative estimate of drug-likeness (QED) is 0.0709. The number of aliphatic hydroxyl groups excluding tert-OH is 1. The van der Waals surface area contributed by atoms with Gasteiger partial charge >= 0.3 is 11.9 Å². The van der Waals surface area contributed by atoms with Crippen LogP contribution in [-0.4, -0.2) is 89.7 Å². The summed E-state index contributed by atoms with van der Waals surface area (Å²) in [6.45, 7) is 4.36. The number of ether oxygens (including phenoxy) is 1. The molecule has 1 amide bonds. The van der Waals surface area contributed by atoms with E-state index < -0.39 is 51.7 Å². The minimum atomic E-state index is -2.78. The molecule has 1 unspecified atom stereocenters. The lowest BCUT2D eigenvalue weighted by molar-refractivity contribution is -0.384. The molecule has 16 heteroatoms. The van der Waals surface area contributed by atoms with Crippen molar-refractivity contribution >= 4 is 46.2 Å². The summed E-state index contributed by atoms with van der Waals surface area (Å²) in [5.41, 5.74) is 2.33. The van der Waals surface area contributed by atoms with Crippen LogP contribution >= 0.6 is 11.8 Å². The van der Waals surface area contributed by atoms with Crippen LogP contribution in [0.15, 0.2) is 34.9 Å². The zero-order valence-electron chi connectivity index (χ0n) is 21.3.